The molecule has 0 spiro atoms. The lowest BCUT2D eigenvalue weighted by Gasteiger charge is -2.30. The first kappa shape index (κ1) is 25.9. The van der Waals surface area contributed by atoms with E-state index in [4.69, 9.17) is 32.9 Å². The summed E-state index contributed by atoms with van der Waals surface area (Å²) >= 11 is 12.7. The summed E-state index contributed by atoms with van der Waals surface area (Å²) in [7, 11) is 0. The zero-order valence-electron chi connectivity index (χ0n) is 22.7. The van der Waals surface area contributed by atoms with Crippen LogP contribution in [-0.4, -0.2) is 12.2 Å². The number of hydrogen-bond acceptors (Lipinski definition) is 4. The van der Waals surface area contributed by atoms with Crippen molar-refractivity contribution in [2.45, 2.75) is 63.8 Å². The average Bonchev–Trinajstić information content (AvgIpc) is 3.47. The summed E-state index contributed by atoms with van der Waals surface area (Å²) < 4.78 is 0. The number of anilines is 2. The van der Waals surface area contributed by atoms with Crippen LogP contribution in [0.25, 0.3) is 0 Å². The first-order valence-electron chi connectivity index (χ1n) is 14.0. The monoisotopic (exact) mass is 570 g/mol. The van der Waals surface area contributed by atoms with Crippen LogP contribution in [-0.2, 0) is 22.5 Å². The van der Waals surface area contributed by atoms with Gasteiger partial charge in [-0.2, -0.15) is 0 Å². The van der Waals surface area contributed by atoms with E-state index >= 15 is 0 Å². The molecule has 2 saturated heterocycles. The fourth-order valence-corrected chi connectivity index (χ4v) is 7.13. The van der Waals surface area contributed by atoms with Gasteiger partial charge in [-0.3, -0.25) is 9.68 Å². The van der Waals surface area contributed by atoms with Gasteiger partial charge in [0.05, 0.1) is 35.7 Å². The molecule has 4 bridgehead atoms. The van der Waals surface area contributed by atoms with Gasteiger partial charge >= 0.3 is 0 Å². The predicted octanol–water partition coefficient (Wildman–Crippen LogP) is 8.91. The number of aryl methyl sites for hydroxylation is 2. The number of rotatable bonds is 2. The second kappa shape index (κ2) is 10.4. The van der Waals surface area contributed by atoms with E-state index in [9.17, 15) is 0 Å². The molecule has 4 aromatic carbocycles. The third-order valence-electron chi connectivity index (χ3n) is 8.43. The number of nitrogens with zero attached hydrogens (tertiary/aromatic N) is 2. The van der Waals surface area contributed by atoms with E-state index in [0.29, 0.717) is 0 Å². The molecule has 0 aliphatic carbocycles. The fourth-order valence-electron chi connectivity index (χ4n) is 6.61. The molecule has 8 rings (SSSR count). The zero-order valence-corrected chi connectivity index (χ0v) is 24.2. The Morgan fingerprint density at radius 2 is 1.02 bits per heavy atom. The Kier molecular flexibility index (Phi) is 6.76. The lowest BCUT2D eigenvalue weighted by atomic mass is 10.00. The van der Waals surface area contributed by atoms with E-state index in [1.807, 2.05) is 36.4 Å². The van der Waals surface area contributed by atoms with Crippen LogP contribution in [0.1, 0.15) is 58.3 Å². The number of hydroxylamine groups is 2. The maximum absolute atomic E-state index is 6.36. The molecular formula is C34H32Cl2N2O2. The maximum Gasteiger partial charge on any atom is 0.0921 e. The second-order valence-corrected chi connectivity index (χ2v) is 12.1. The van der Waals surface area contributed by atoms with E-state index in [2.05, 4.69) is 72.5 Å². The van der Waals surface area contributed by atoms with Gasteiger partial charge in [0, 0.05) is 35.7 Å². The normalized spacial score (nSPS) is 23.8. The summed E-state index contributed by atoms with van der Waals surface area (Å²) in [5, 5.41) is 5.76. The van der Waals surface area contributed by atoms with Gasteiger partial charge in [-0.05, 0) is 60.4 Å². The summed E-state index contributed by atoms with van der Waals surface area (Å²) in [6.45, 7) is 4.27. The molecule has 4 aliphatic rings. The van der Waals surface area contributed by atoms with Crippen molar-refractivity contribution in [3.05, 3.63) is 128 Å². The van der Waals surface area contributed by atoms with Crippen LogP contribution in [0.15, 0.2) is 84.9 Å². The summed E-state index contributed by atoms with van der Waals surface area (Å²) in [5.74, 6) is 0. The quantitative estimate of drug-likeness (QED) is 0.240. The molecule has 0 amide bonds. The maximum atomic E-state index is 6.36. The third kappa shape index (κ3) is 4.67. The molecule has 4 aliphatic heterocycles. The van der Waals surface area contributed by atoms with Crippen molar-refractivity contribution in [3.8, 4) is 0 Å². The van der Waals surface area contributed by atoms with Gasteiger partial charge in [0.25, 0.3) is 0 Å². The zero-order chi connectivity index (χ0) is 27.4. The van der Waals surface area contributed by atoms with Crippen LogP contribution in [0.2, 0.25) is 10.0 Å². The van der Waals surface area contributed by atoms with Gasteiger partial charge in [0.15, 0.2) is 0 Å². The van der Waals surface area contributed by atoms with Crippen LogP contribution in [0.3, 0.4) is 0 Å². The number of benzene rings is 4. The van der Waals surface area contributed by atoms with Crippen LogP contribution >= 0.6 is 23.2 Å². The van der Waals surface area contributed by atoms with E-state index < -0.39 is 0 Å². The lowest BCUT2D eigenvalue weighted by Crippen LogP contribution is -2.27. The summed E-state index contributed by atoms with van der Waals surface area (Å²) in [5.41, 5.74) is 10.1. The minimum absolute atomic E-state index is 0.220. The van der Waals surface area contributed by atoms with Gasteiger partial charge in [-0.15, -0.1) is 0 Å². The van der Waals surface area contributed by atoms with Gasteiger partial charge < -0.3 is 0 Å². The van der Waals surface area contributed by atoms with Gasteiger partial charge in [-0.1, -0.05) is 95.0 Å². The minimum atomic E-state index is 0.220. The van der Waals surface area contributed by atoms with Crippen LogP contribution in [0.5, 0.6) is 0 Å². The van der Waals surface area contributed by atoms with Crippen molar-refractivity contribution >= 4 is 34.6 Å². The van der Waals surface area contributed by atoms with Crippen molar-refractivity contribution in [2.24, 2.45) is 0 Å². The molecule has 2 fully saturated rings. The van der Waals surface area contributed by atoms with Crippen molar-refractivity contribution in [2.75, 3.05) is 10.1 Å². The molecule has 0 radical (unpaired) electrons. The first-order chi connectivity index (χ1) is 19.4. The van der Waals surface area contributed by atoms with Gasteiger partial charge in [0.1, 0.15) is 0 Å². The summed E-state index contributed by atoms with van der Waals surface area (Å²) in [6, 6.07) is 29.7. The van der Waals surface area contributed by atoms with E-state index in [-0.39, 0.29) is 24.3 Å². The highest BCUT2D eigenvalue weighted by Gasteiger charge is 2.41. The Bertz CT molecular complexity index is 1460. The van der Waals surface area contributed by atoms with Crippen LogP contribution in [0.4, 0.5) is 11.4 Å². The Balaban J connectivity index is 0.000000132. The Labute approximate surface area is 245 Å². The average molecular weight is 572 g/mol. The Morgan fingerprint density at radius 1 is 0.600 bits per heavy atom. The van der Waals surface area contributed by atoms with Crippen molar-refractivity contribution < 1.29 is 9.68 Å². The highest BCUT2D eigenvalue weighted by atomic mass is 35.5. The molecule has 0 saturated carbocycles. The molecule has 0 N–H and O–H groups in total. The molecule has 4 atom stereocenters. The van der Waals surface area contributed by atoms with Gasteiger partial charge in [-0.25, -0.2) is 10.1 Å². The SMILES string of the molecule is Cc1ccc2c(c1)C[C@@H]1C[C@@H](c3ccccc3Cl)N2O1.Cc1ccc2c(c1)C[C@@H]1C[C@@H](c3ccccc3Cl)N2O1. The smallest absolute Gasteiger partial charge is 0.0921 e. The number of hydrogen-bond donors (Lipinski definition) is 0. The van der Waals surface area contributed by atoms with E-state index in [0.717, 1.165) is 46.9 Å². The van der Waals surface area contributed by atoms with E-state index in [1.165, 1.54) is 33.6 Å². The molecule has 0 unspecified atom stereocenters. The van der Waals surface area contributed by atoms with Gasteiger partial charge in [0.2, 0.25) is 0 Å². The Morgan fingerprint density at radius 3 is 1.45 bits per heavy atom. The van der Waals surface area contributed by atoms with Crippen LogP contribution < -0.4 is 10.1 Å². The van der Waals surface area contributed by atoms with Crippen molar-refractivity contribution in [1.29, 1.82) is 0 Å². The highest BCUT2D eigenvalue weighted by molar-refractivity contribution is 6.31. The first-order valence-corrected chi connectivity index (χ1v) is 14.8. The standard InChI is InChI=1S/2C17H16ClNO/c2*1-11-6-7-16-12(8-11)9-13-10-17(19(16)20-13)14-4-2-3-5-15(14)18/h2*2-8,13,17H,9-10H2,1H3/t2*13-,17+/m11/s1. The van der Waals surface area contributed by atoms with E-state index in [1.54, 1.807) is 0 Å². The third-order valence-corrected chi connectivity index (χ3v) is 9.12. The predicted molar refractivity (Wildman–Crippen MR) is 162 cm³/mol. The highest BCUT2D eigenvalue weighted by Crippen LogP contribution is 2.47. The molecule has 40 heavy (non-hydrogen) atoms. The number of fused-ring (bicyclic) bond motifs is 8. The van der Waals surface area contributed by atoms with Crippen LogP contribution in [0, 0.1) is 13.8 Å². The second-order valence-electron chi connectivity index (χ2n) is 11.3. The summed E-state index contributed by atoms with van der Waals surface area (Å²) in [4.78, 5) is 12.1. The lowest BCUT2D eigenvalue weighted by molar-refractivity contribution is 0.0732. The Hall–Kier alpha value is -3.02. The molecule has 204 valence electrons. The molecule has 4 heterocycles. The largest absolute Gasteiger partial charge is 0.269 e. The summed E-state index contributed by atoms with van der Waals surface area (Å²) in [6.07, 6.45) is 4.52. The number of halogens is 2. The molecule has 6 heteroatoms. The molecule has 4 aromatic rings. The molecule has 4 nitrogen and oxygen atoms in total. The van der Waals surface area contributed by atoms with Crippen molar-refractivity contribution in [3.63, 3.8) is 0 Å². The fraction of sp³-hybridized carbons (Fsp3) is 0.294. The molecule has 0 aromatic heterocycles. The molecular weight excluding hydrogens is 539 g/mol. The van der Waals surface area contributed by atoms with Crippen molar-refractivity contribution in [1.82, 2.24) is 0 Å². The minimum Gasteiger partial charge on any atom is -0.269 e. The topological polar surface area (TPSA) is 24.9 Å².